The number of hydrogen-bond acceptors (Lipinski definition) is 5. The summed E-state index contributed by atoms with van der Waals surface area (Å²) in [6, 6.07) is -1.64. The summed E-state index contributed by atoms with van der Waals surface area (Å²) in [6.45, 7) is 0.880. The van der Waals surface area contributed by atoms with Crippen molar-refractivity contribution in [3.8, 4) is 0 Å². The van der Waals surface area contributed by atoms with E-state index in [-0.39, 0.29) is 13.1 Å². The monoisotopic (exact) mass is 243 g/mol. The molecule has 0 aromatic rings. The van der Waals surface area contributed by atoms with Gasteiger partial charge in [0.15, 0.2) is 0 Å². The zero-order chi connectivity index (χ0) is 13.0. The quantitative estimate of drug-likeness (QED) is 0.448. The highest BCUT2D eigenvalue weighted by molar-refractivity contribution is 6.02. The Bertz CT molecular complexity index is 352. The van der Waals surface area contributed by atoms with Gasteiger partial charge in [0.1, 0.15) is 6.04 Å². The van der Waals surface area contributed by atoms with Gasteiger partial charge in [-0.1, -0.05) is 0 Å². The molecule has 1 rings (SSSR count). The second-order valence-corrected chi connectivity index (χ2v) is 3.44. The number of ether oxygens (including phenoxy) is 1. The lowest BCUT2D eigenvalue weighted by Crippen LogP contribution is -2.50. The van der Waals surface area contributed by atoms with E-state index >= 15 is 0 Å². The van der Waals surface area contributed by atoms with E-state index in [1.54, 1.807) is 0 Å². The molecule has 94 valence electrons. The predicted molar refractivity (Wildman–Crippen MR) is 54.7 cm³/mol. The van der Waals surface area contributed by atoms with Crippen LogP contribution >= 0.6 is 0 Å². The largest absolute Gasteiger partial charge is 0.467 e. The Morgan fingerprint density at radius 3 is 2.59 bits per heavy atom. The lowest BCUT2D eigenvalue weighted by atomic mass is 10.2. The first-order chi connectivity index (χ1) is 7.95. The molecule has 0 aliphatic carbocycles. The van der Waals surface area contributed by atoms with E-state index in [4.69, 9.17) is 0 Å². The predicted octanol–water partition coefficient (Wildman–Crippen LogP) is -1.78. The molecule has 0 spiro atoms. The summed E-state index contributed by atoms with van der Waals surface area (Å²) >= 11 is 0. The van der Waals surface area contributed by atoms with Crippen LogP contribution in [0.4, 0.5) is 4.79 Å². The number of imide groups is 1. The lowest BCUT2D eigenvalue weighted by molar-refractivity contribution is -0.145. The molecule has 1 aliphatic heterocycles. The van der Waals surface area contributed by atoms with Crippen molar-refractivity contribution < 1.29 is 23.9 Å². The van der Waals surface area contributed by atoms with Gasteiger partial charge in [-0.3, -0.25) is 14.5 Å². The number of nitrogens with one attached hydrogen (secondary N) is 2. The maximum absolute atomic E-state index is 11.3. The van der Waals surface area contributed by atoms with Gasteiger partial charge in [0, 0.05) is 6.92 Å². The van der Waals surface area contributed by atoms with Crippen molar-refractivity contribution in [3.63, 3.8) is 0 Å². The molecule has 0 bridgehead atoms. The van der Waals surface area contributed by atoms with E-state index in [1.165, 1.54) is 6.92 Å². The summed E-state index contributed by atoms with van der Waals surface area (Å²) < 4.78 is 4.47. The first-order valence-electron chi connectivity index (χ1n) is 4.89. The van der Waals surface area contributed by atoms with Crippen LogP contribution in [0.1, 0.15) is 6.92 Å². The van der Waals surface area contributed by atoms with Crippen molar-refractivity contribution in [3.05, 3.63) is 0 Å². The molecule has 1 saturated heterocycles. The number of hydrogen-bond donors (Lipinski definition) is 2. The third-order valence-corrected chi connectivity index (χ3v) is 2.17. The van der Waals surface area contributed by atoms with Gasteiger partial charge in [-0.15, -0.1) is 0 Å². The van der Waals surface area contributed by atoms with Crippen LogP contribution in [0.5, 0.6) is 0 Å². The molecule has 1 heterocycles. The van der Waals surface area contributed by atoms with Crippen molar-refractivity contribution >= 4 is 23.8 Å². The van der Waals surface area contributed by atoms with Gasteiger partial charge in [0.25, 0.3) is 0 Å². The highest BCUT2D eigenvalue weighted by atomic mass is 16.5. The number of carbonyl (C=O) groups is 4. The molecule has 0 radical (unpaired) electrons. The third kappa shape index (κ3) is 3.16. The Morgan fingerprint density at radius 1 is 1.53 bits per heavy atom. The van der Waals surface area contributed by atoms with E-state index in [0.717, 1.165) is 12.0 Å². The molecule has 17 heavy (non-hydrogen) atoms. The van der Waals surface area contributed by atoms with Crippen LogP contribution in [0.3, 0.4) is 0 Å². The summed E-state index contributed by atoms with van der Waals surface area (Å²) in [5.41, 5.74) is 0. The van der Waals surface area contributed by atoms with Gasteiger partial charge in [-0.2, -0.15) is 0 Å². The third-order valence-electron chi connectivity index (χ3n) is 2.17. The van der Waals surface area contributed by atoms with Crippen molar-refractivity contribution in [2.24, 2.45) is 0 Å². The van der Waals surface area contributed by atoms with Crippen molar-refractivity contribution in [1.29, 1.82) is 0 Å². The second-order valence-electron chi connectivity index (χ2n) is 3.44. The molecule has 1 atom stereocenters. The summed E-state index contributed by atoms with van der Waals surface area (Å²) in [4.78, 5) is 45.6. The van der Waals surface area contributed by atoms with Crippen LogP contribution in [0.15, 0.2) is 0 Å². The smallest absolute Gasteiger partial charge is 0.330 e. The number of rotatable bonds is 4. The first-order valence-corrected chi connectivity index (χ1v) is 4.89. The highest BCUT2D eigenvalue weighted by Crippen LogP contribution is 2.02. The van der Waals surface area contributed by atoms with Crippen LogP contribution in [-0.2, 0) is 19.1 Å². The molecule has 8 heteroatoms. The summed E-state index contributed by atoms with van der Waals surface area (Å²) in [6.07, 6.45) is 0. The average molecular weight is 243 g/mol. The van der Waals surface area contributed by atoms with Crippen molar-refractivity contribution in [1.82, 2.24) is 15.5 Å². The van der Waals surface area contributed by atoms with Gasteiger partial charge in [0.05, 0.1) is 20.2 Å². The molecule has 1 unspecified atom stereocenters. The van der Waals surface area contributed by atoms with Crippen molar-refractivity contribution in [2.45, 2.75) is 13.0 Å². The highest BCUT2D eigenvalue weighted by Gasteiger charge is 2.33. The van der Waals surface area contributed by atoms with Crippen LogP contribution in [0.2, 0.25) is 0 Å². The fourth-order valence-electron chi connectivity index (χ4n) is 1.39. The normalized spacial score (nSPS) is 16.5. The molecule has 1 aliphatic rings. The number of methoxy groups -OCH3 is 1. The van der Waals surface area contributed by atoms with E-state index in [0.29, 0.717) is 0 Å². The Morgan fingerprint density at radius 2 is 2.18 bits per heavy atom. The van der Waals surface area contributed by atoms with Gasteiger partial charge >= 0.3 is 12.0 Å². The first kappa shape index (κ1) is 12.9. The second kappa shape index (κ2) is 5.28. The maximum Gasteiger partial charge on any atom is 0.330 e. The average Bonchev–Trinajstić information content (AvgIpc) is 2.58. The van der Waals surface area contributed by atoms with Crippen LogP contribution in [0, 0.1) is 0 Å². The maximum atomic E-state index is 11.3. The minimum absolute atomic E-state index is 0.104. The number of esters is 1. The molecule has 2 N–H and O–H groups in total. The summed E-state index contributed by atoms with van der Waals surface area (Å²) in [5, 5.41) is 4.62. The van der Waals surface area contributed by atoms with Crippen LogP contribution < -0.4 is 10.6 Å². The zero-order valence-corrected chi connectivity index (χ0v) is 9.48. The molecule has 0 aromatic heterocycles. The van der Waals surface area contributed by atoms with E-state index in [1.807, 2.05) is 0 Å². The Hall–Kier alpha value is -2.12. The van der Waals surface area contributed by atoms with Crippen LogP contribution in [0.25, 0.3) is 0 Å². The minimum Gasteiger partial charge on any atom is -0.467 e. The molecule has 0 aromatic carbocycles. The lowest BCUT2D eigenvalue weighted by Gasteiger charge is -2.20. The molecule has 1 fully saturated rings. The summed E-state index contributed by atoms with van der Waals surface area (Å²) in [7, 11) is 1.16. The van der Waals surface area contributed by atoms with Gasteiger partial charge in [-0.05, 0) is 0 Å². The molecule has 0 saturated carbocycles. The molecular weight excluding hydrogens is 230 g/mol. The summed E-state index contributed by atoms with van der Waals surface area (Å²) in [5.74, 6) is -1.62. The number of amides is 4. The van der Waals surface area contributed by atoms with Gasteiger partial charge in [0.2, 0.25) is 11.8 Å². The zero-order valence-electron chi connectivity index (χ0n) is 9.48. The SMILES string of the molecule is COC(=O)C(CN1C(=O)CNC1=O)NC(C)=O. The molecular formula is C9H13N3O5. The Kier molecular flexibility index (Phi) is 4.02. The van der Waals surface area contributed by atoms with E-state index < -0.39 is 29.9 Å². The Balaban J connectivity index is 2.71. The minimum atomic E-state index is -1.05. The fourth-order valence-corrected chi connectivity index (χ4v) is 1.39. The van der Waals surface area contributed by atoms with Crippen molar-refractivity contribution in [2.75, 3.05) is 20.2 Å². The topological polar surface area (TPSA) is 105 Å². The fraction of sp³-hybridized carbons (Fsp3) is 0.556. The standard InChI is InChI=1S/C9H13N3O5/c1-5(13)11-6(8(15)17-2)4-12-7(14)3-10-9(12)16/h6H,3-4H2,1-2H3,(H,10,16)(H,11,13). The number of urea groups is 1. The van der Waals surface area contributed by atoms with E-state index in [9.17, 15) is 19.2 Å². The van der Waals surface area contributed by atoms with Gasteiger partial charge < -0.3 is 15.4 Å². The molecule has 4 amide bonds. The Labute approximate surface area is 97.3 Å². The molecule has 8 nitrogen and oxygen atoms in total. The number of carbonyl (C=O) groups excluding carboxylic acids is 4. The van der Waals surface area contributed by atoms with Gasteiger partial charge in [-0.25, -0.2) is 9.59 Å². The number of nitrogens with zero attached hydrogens (tertiary/aromatic N) is 1. The van der Waals surface area contributed by atoms with E-state index in [2.05, 4.69) is 15.4 Å². The van der Waals surface area contributed by atoms with Crippen LogP contribution in [-0.4, -0.2) is 55.0 Å².